The topological polar surface area (TPSA) is 41.6 Å². The molecule has 0 aliphatic rings. The van der Waals surface area contributed by atoms with E-state index in [1.807, 2.05) is 44.4 Å². The van der Waals surface area contributed by atoms with Crippen LogP contribution in [0.2, 0.25) is 0 Å². The van der Waals surface area contributed by atoms with Crippen LogP contribution in [-0.4, -0.2) is 43.8 Å². The van der Waals surface area contributed by atoms with Gasteiger partial charge in [-0.3, -0.25) is 4.79 Å². The summed E-state index contributed by atoms with van der Waals surface area (Å²) in [6, 6.07) is 18.3. The van der Waals surface area contributed by atoms with Gasteiger partial charge >= 0.3 is 0 Å². The zero-order valence-corrected chi connectivity index (χ0v) is 16.4. The number of ether oxygens (including phenoxy) is 1. The Bertz CT molecular complexity index is 662. The van der Waals surface area contributed by atoms with E-state index in [2.05, 4.69) is 34.5 Å². The maximum atomic E-state index is 11.8. The average Bonchev–Trinajstić information content (AvgIpc) is 2.62. The first-order chi connectivity index (χ1) is 12.6. The first-order valence-electron chi connectivity index (χ1n) is 8.88. The molecule has 0 bridgehead atoms. The van der Waals surface area contributed by atoms with Crippen LogP contribution in [0, 0.1) is 0 Å². The van der Waals surface area contributed by atoms with Crippen molar-refractivity contribution in [2.75, 3.05) is 33.0 Å². The predicted molar refractivity (Wildman–Crippen MR) is 110 cm³/mol. The normalized spacial score (nSPS) is 10.7. The number of thioether (sulfide) groups is 1. The summed E-state index contributed by atoms with van der Waals surface area (Å²) in [4.78, 5) is 14.0. The number of amides is 1. The lowest BCUT2D eigenvalue weighted by Gasteiger charge is -2.12. The number of nitrogens with zero attached hydrogens (tertiary/aromatic N) is 1. The summed E-state index contributed by atoms with van der Waals surface area (Å²) in [7, 11) is 4.10. The third kappa shape index (κ3) is 8.41. The minimum Gasteiger partial charge on any atom is -0.494 e. The second-order valence-electron chi connectivity index (χ2n) is 6.42. The van der Waals surface area contributed by atoms with Crippen LogP contribution < -0.4 is 10.1 Å². The SMILES string of the molecule is CN(C)Cc1cccc(OCCCNC(=O)CSCc2ccccc2)c1. The standard InChI is InChI=1S/C21H28N2O2S/c1-23(2)15-19-10-6-11-20(14-19)25-13-7-12-22-21(24)17-26-16-18-8-4-3-5-9-18/h3-6,8-11,14H,7,12-13,15-17H2,1-2H3,(H,22,24). The lowest BCUT2D eigenvalue weighted by molar-refractivity contribution is -0.118. The van der Waals surface area contributed by atoms with E-state index in [4.69, 9.17) is 4.74 Å². The van der Waals surface area contributed by atoms with E-state index in [9.17, 15) is 4.79 Å². The third-order valence-electron chi connectivity index (χ3n) is 3.65. The summed E-state index contributed by atoms with van der Waals surface area (Å²) in [5, 5.41) is 2.95. The maximum Gasteiger partial charge on any atom is 0.230 e. The van der Waals surface area contributed by atoms with Crippen molar-refractivity contribution in [2.45, 2.75) is 18.7 Å². The molecule has 5 heteroatoms. The predicted octanol–water partition coefficient (Wildman–Crippen LogP) is 3.57. The minimum absolute atomic E-state index is 0.0823. The minimum atomic E-state index is 0.0823. The van der Waals surface area contributed by atoms with E-state index in [1.54, 1.807) is 11.8 Å². The Morgan fingerprint density at radius 3 is 2.62 bits per heavy atom. The van der Waals surface area contributed by atoms with Crippen molar-refractivity contribution in [3.63, 3.8) is 0 Å². The van der Waals surface area contributed by atoms with Crippen LogP contribution in [0.15, 0.2) is 54.6 Å². The van der Waals surface area contributed by atoms with Crippen LogP contribution in [0.5, 0.6) is 5.75 Å². The van der Waals surface area contributed by atoms with Crippen molar-refractivity contribution in [2.24, 2.45) is 0 Å². The van der Waals surface area contributed by atoms with Crippen LogP contribution >= 0.6 is 11.8 Å². The van der Waals surface area contributed by atoms with Crippen molar-refractivity contribution in [1.29, 1.82) is 0 Å². The Morgan fingerprint density at radius 1 is 1.08 bits per heavy atom. The Morgan fingerprint density at radius 2 is 1.85 bits per heavy atom. The number of carbonyl (C=O) groups is 1. The Hall–Kier alpha value is -1.98. The van der Waals surface area contributed by atoms with Gasteiger partial charge in [0.15, 0.2) is 0 Å². The first kappa shape index (κ1) is 20.3. The Balaban J connectivity index is 1.55. The molecule has 140 valence electrons. The molecule has 26 heavy (non-hydrogen) atoms. The summed E-state index contributed by atoms with van der Waals surface area (Å²) in [5.74, 6) is 2.32. The summed E-state index contributed by atoms with van der Waals surface area (Å²) in [5.41, 5.74) is 2.48. The van der Waals surface area contributed by atoms with Gasteiger partial charge in [0.2, 0.25) is 5.91 Å². The molecule has 0 heterocycles. The smallest absolute Gasteiger partial charge is 0.230 e. The molecule has 0 spiro atoms. The molecule has 4 nitrogen and oxygen atoms in total. The van der Waals surface area contributed by atoms with Gasteiger partial charge in [0, 0.05) is 18.8 Å². The quantitative estimate of drug-likeness (QED) is 0.612. The zero-order valence-electron chi connectivity index (χ0n) is 15.6. The summed E-state index contributed by atoms with van der Waals surface area (Å²) in [6.45, 7) is 2.14. The molecular formula is C21H28N2O2S. The third-order valence-corrected chi connectivity index (χ3v) is 4.66. The average molecular weight is 373 g/mol. The molecule has 1 N–H and O–H groups in total. The molecular weight excluding hydrogens is 344 g/mol. The summed E-state index contributed by atoms with van der Waals surface area (Å²) >= 11 is 1.63. The van der Waals surface area contributed by atoms with Gasteiger partial charge in [-0.2, -0.15) is 0 Å². The van der Waals surface area contributed by atoms with Crippen molar-refractivity contribution in [1.82, 2.24) is 10.2 Å². The lowest BCUT2D eigenvalue weighted by atomic mass is 10.2. The van der Waals surface area contributed by atoms with Gasteiger partial charge in [-0.05, 0) is 43.8 Å². The summed E-state index contributed by atoms with van der Waals surface area (Å²) < 4.78 is 5.77. The molecule has 2 aromatic rings. The number of hydrogen-bond acceptors (Lipinski definition) is 4. The van der Waals surface area contributed by atoms with Gasteiger partial charge in [-0.15, -0.1) is 11.8 Å². The van der Waals surface area contributed by atoms with E-state index in [0.29, 0.717) is 18.9 Å². The number of rotatable bonds is 11. The van der Waals surface area contributed by atoms with Crippen molar-refractivity contribution in [3.05, 3.63) is 65.7 Å². The van der Waals surface area contributed by atoms with Gasteiger partial charge in [0.25, 0.3) is 0 Å². The first-order valence-corrected chi connectivity index (χ1v) is 10.0. The van der Waals surface area contributed by atoms with Gasteiger partial charge in [0.05, 0.1) is 12.4 Å². The number of nitrogens with one attached hydrogen (secondary N) is 1. The van der Waals surface area contributed by atoms with Crippen molar-refractivity contribution < 1.29 is 9.53 Å². The molecule has 0 aromatic heterocycles. The Kier molecular flexibility index (Phi) is 9.07. The van der Waals surface area contributed by atoms with Gasteiger partial charge in [-0.25, -0.2) is 0 Å². The highest BCUT2D eigenvalue weighted by Gasteiger charge is 2.02. The van der Waals surface area contributed by atoms with Crippen LogP contribution in [0.3, 0.4) is 0 Å². The molecule has 0 unspecified atom stereocenters. The highest BCUT2D eigenvalue weighted by atomic mass is 32.2. The van der Waals surface area contributed by atoms with Crippen LogP contribution in [-0.2, 0) is 17.1 Å². The Labute approximate surface area is 160 Å². The van der Waals surface area contributed by atoms with E-state index >= 15 is 0 Å². The summed E-state index contributed by atoms with van der Waals surface area (Å²) in [6.07, 6.45) is 0.799. The fraction of sp³-hybridized carbons (Fsp3) is 0.381. The molecule has 0 saturated carbocycles. The lowest BCUT2D eigenvalue weighted by Crippen LogP contribution is -2.27. The van der Waals surface area contributed by atoms with E-state index in [0.717, 1.165) is 24.5 Å². The fourth-order valence-corrected chi connectivity index (χ4v) is 3.29. The van der Waals surface area contributed by atoms with Crippen LogP contribution in [0.4, 0.5) is 0 Å². The van der Waals surface area contributed by atoms with Crippen LogP contribution in [0.1, 0.15) is 17.5 Å². The van der Waals surface area contributed by atoms with Gasteiger partial charge < -0.3 is 15.0 Å². The van der Waals surface area contributed by atoms with Crippen molar-refractivity contribution in [3.8, 4) is 5.75 Å². The van der Waals surface area contributed by atoms with E-state index < -0.39 is 0 Å². The van der Waals surface area contributed by atoms with E-state index in [-0.39, 0.29) is 5.91 Å². The molecule has 1 amide bonds. The molecule has 0 atom stereocenters. The number of benzene rings is 2. The fourth-order valence-electron chi connectivity index (χ4n) is 2.48. The molecule has 0 aliphatic carbocycles. The van der Waals surface area contributed by atoms with E-state index in [1.165, 1.54) is 11.1 Å². The van der Waals surface area contributed by atoms with Crippen LogP contribution in [0.25, 0.3) is 0 Å². The molecule has 0 saturated heterocycles. The highest BCUT2D eigenvalue weighted by molar-refractivity contribution is 7.99. The number of hydrogen-bond donors (Lipinski definition) is 1. The zero-order chi connectivity index (χ0) is 18.6. The highest BCUT2D eigenvalue weighted by Crippen LogP contribution is 2.14. The monoisotopic (exact) mass is 372 g/mol. The molecule has 2 aromatic carbocycles. The van der Waals surface area contributed by atoms with Crippen molar-refractivity contribution >= 4 is 17.7 Å². The molecule has 2 rings (SSSR count). The molecule has 0 aliphatic heterocycles. The second kappa shape index (κ2) is 11.6. The van der Waals surface area contributed by atoms with Gasteiger partial charge in [0.1, 0.15) is 5.75 Å². The molecule has 0 radical (unpaired) electrons. The maximum absolute atomic E-state index is 11.8. The van der Waals surface area contributed by atoms with Gasteiger partial charge in [-0.1, -0.05) is 42.5 Å². The number of carbonyl (C=O) groups excluding carboxylic acids is 1. The molecule has 0 fully saturated rings. The second-order valence-corrected chi connectivity index (χ2v) is 7.40. The largest absolute Gasteiger partial charge is 0.494 e.